The van der Waals surface area contributed by atoms with Crippen molar-refractivity contribution < 1.29 is 24.2 Å². The van der Waals surface area contributed by atoms with Crippen molar-refractivity contribution in [2.24, 2.45) is 0 Å². The number of carbonyl (C=O) groups excluding carboxylic acids is 1. The summed E-state index contributed by atoms with van der Waals surface area (Å²) in [6.45, 7) is 3.87. The van der Waals surface area contributed by atoms with Crippen LogP contribution in [0.2, 0.25) is 0 Å². The second-order valence-electron chi connectivity index (χ2n) is 6.47. The van der Waals surface area contributed by atoms with Gasteiger partial charge in [0.15, 0.2) is 6.61 Å². The molecule has 0 saturated carbocycles. The van der Waals surface area contributed by atoms with Crippen LogP contribution < -0.4 is 9.47 Å². The van der Waals surface area contributed by atoms with Gasteiger partial charge in [-0.3, -0.25) is 14.5 Å². The Hall–Kier alpha value is -2.28. The van der Waals surface area contributed by atoms with Gasteiger partial charge in [0.05, 0.1) is 13.2 Å². The number of carboxylic acid groups (broad SMARTS) is 1. The standard InChI is InChI=1S/C19H28N2O5/c1-3-25-16-6-8-17(9-7-16)26-14-18(22)21-11-4-5-15(10-12-21)20(2)13-19(23)24/h6-9,15H,3-5,10-14H2,1-2H3,(H,23,24). The van der Waals surface area contributed by atoms with Crippen molar-refractivity contribution in [3.63, 3.8) is 0 Å². The first-order chi connectivity index (χ1) is 12.5. The Balaban J connectivity index is 1.79. The minimum absolute atomic E-state index is 0.00358. The number of rotatable bonds is 8. The lowest BCUT2D eigenvalue weighted by molar-refractivity contribution is -0.138. The first kappa shape index (κ1) is 20.0. The Kier molecular flexibility index (Phi) is 7.72. The van der Waals surface area contributed by atoms with Gasteiger partial charge in [0.25, 0.3) is 5.91 Å². The third-order valence-corrected chi connectivity index (χ3v) is 4.56. The zero-order chi connectivity index (χ0) is 18.9. The van der Waals surface area contributed by atoms with Crippen LogP contribution in [0.1, 0.15) is 26.2 Å². The van der Waals surface area contributed by atoms with Crippen LogP contribution in [-0.4, -0.2) is 72.7 Å². The predicted octanol–water partition coefficient (Wildman–Crippen LogP) is 1.86. The number of likely N-dealkylation sites (N-methyl/N-ethyl adjacent to an activating group) is 1. The van der Waals surface area contributed by atoms with Crippen LogP contribution >= 0.6 is 0 Å². The summed E-state index contributed by atoms with van der Waals surface area (Å²) in [7, 11) is 1.82. The normalized spacial score (nSPS) is 17.7. The van der Waals surface area contributed by atoms with E-state index in [-0.39, 0.29) is 25.1 Å². The van der Waals surface area contributed by atoms with Crippen LogP contribution in [0.15, 0.2) is 24.3 Å². The molecule has 0 aliphatic carbocycles. The smallest absolute Gasteiger partial charge is 0.317 e. The van der Waals surface area contributed by atoms with Crippen LogP contribution in [0.5, 0.6) is 11.5 Å². The second kappa shape index (κ2) is 10.0. The van der Waals surface area contributed by atoms with Crippen molar-refractivity contribution >= 4 is 11.9 Å². The van der Waals surface area contributed by atoms with Gasteiger partial charge in [-0.2, -0.15) is 0 Å². The van der Waals surface area contributed by atoms with E-state index >= 15 is 0 Å². The number of aliphatic carboxylic acids is 1. The van der Waals surface area contributed by atoms with Gasteiger partial charge in [-0.25, -0.2) is 0 Å². The molecule has 1 fully saturated rings. The Morgan fingerprint density at radius 1 is 1.15 bits per heavy atom. The number of benzene rings is 1. The quantitative estimate of drug-likeness (QED) is 0.759. The van der Waals surface area contributed by atoms with Gasteiger partial charge in [0.1, 0.15) is 11.5 Å². The van der Waals surface area contributed by atoms with Crippen LogP contribution in [0.3, 0.4) is 0 Å². The highest BCUT2D eigenvalue weighted by Crippen LogP contribution is 2.19. The number of nitrogens with zero attached hydrogens (tertiary/aromatic N) is 2. The van der Waals surface area contributed by atoms with E-state index in [0.717, 1.165) is 25.0 Å². The minimum Gasteiger partial charge on any atom is -0.494 e. The van der Waals surface area contributed by atoms with E-state index in [1.54, 1.807) is 12.1 Å². The molecule has 1 N–H and O–H groups in total. The monoisotopic (exact) mass is 364 g/mol. The summed E-state index contributed by atoms with van der Waals surface area (Å²) in [5, 5.41) is 8.92. The van der Waals surface area contributed by atoms with Gasteiger partial charge >= 0.3 is 5.97 Å². The SMILES string of the molecule is CCOc1ccc(OCC(=O)N2CCCC(N(C)CC(=O)O)CC2)cc1. The van der Waals surface area contributed by atoms with E-state index in [1.807, 2.05) is 35.9 Å². The third-order valence-electron chi connectivity index (χ3n) is 4.56. The van der Waals surface area contributed by atoms with E-state index in [4.69, 9.17) is 14.6 Å². The van der Waals surface area contributed by atoms with Crippen LogP contribution in [0, 0.1) is 0 Å². The van der Waals surface area contributed by atoms with Crippen LogP contribution in [0.4, 0.5) is 0 Å². The molecule has 26 heavy (non-hydrogen) atoms. The molecule has 1 unspecified atom stereocenters. The third kappa shape index (κ3) is 6.22. The van der Waals surface area contributed by atoms with Crippen molar-refractivity contribution in [2.45, 2.75) is 32.2 Å². The number of amides is 1. The fourth-order valence-corrected chi connectivity index (χ4v) is 3.15. The highest BCUT2D eigenvalue weighted by molar-refractivity contribution is 5.77. The highest BCUT2D eigenvalue weighted by atomic mass is 16.5. The molecular formula is C19H28N2O5. The molecule has 0 radical (unpaired) electrons. The first-order valence-electron chi connectivity index (χ1n) is 9.05. The van der Waals surface area contributed by atoms with Gasteiger partial charge < -0.3 is 19.5 Å². The molecule has 1 aromatic rings. The molecule has 7 nitrogen and oxygen atoms in total. The highest BCUT2D eigenvalue weighted by Gasteiger charge is 2.24. The fraction of sp³-hybridized carbons (Fsp3) is 0.579. The number of carboxylic acids is 1. The maximum absolute atomic E-state index is 12.4. The van der Waals surface area contributed by atoms with Gasteiger partial charge in [0.2, 0.25) is 0 Å². The Labute approximate surface area is 154 Å². The second-order valence-corrected chi connectivity index (χ2v) is 6.47. The van der Waals surface area contributed by atoms with Gasteiger partial charge in [0, 0.05) is 19.1 Å². The molecular weight excluding hydrogens is 336 g/mol. The van der Waals surface area contributed by atoms with Crippen molar-refractivity contribution in [3.05, 3.63) is 24.3 Å². The first-order valence-corrected chi connectivity index (χ1v) is 9.05. The number of carbonyl (C=O) groups is 2. The zero-order valence-corrected chi connectivity index (χ0v) is 15.5. The molecule has 7 heteroatoms. The number of hydrogen-bond donors (Lipinski definition) is 1. The average Bonchev–Trinajstić information content (AvgIpc) is 2.87. The van der Waals surface area contributed by atoms with Crippen LogP contribution in [-0.2, 0) is 9.59 Å². The lowest BCUT2D eigenvalue weighted by Crippen LogP contribution is -2.38. The largest absolute Gasteiger partial charge is 0.494 e. The molecule has 1 amide bonds. The van der Waals surface area contributed by atoms with E-state index in [9.17, 15) is 9.59 Å². The van der Waals surface area contributed by atoms with Crippen LogP contribution in [0.25, 0.3) is 0 Å². The van der Waals surface area contributed by atoms with Gasteiger partial charge in [-0.05, 0) is 57.5 Å². The predicted molar refractivity (Wildman–Crippen MR) is 97.6 cm³/mol. The molecule has 144 valence electrons. The molecule has 1 heterocycles. The molecule has 1 aromatic carbocycles. The Bertz CT molecular complexity index is 590. The van der Waals surface area contributed by atoms with Crippen molar-refractivity contribution in [2.75, 3.05) is 39.9 Å². The summed E-state index contributed by atoms with van der Waals surface area (Å²) in [5.74, 6) is 0.541. The topological polar surface area (TPSA) is 79.3 Å². The molecule has 0 bridgehead atoms. The molecule has 1 atom stereocenters. The Morgan fingerprint density at radius 3 is 2.42 bits per heavy atom. The van der Waals surface area contributed by atoms with Crippen molar-refractivity contribution in [1.82, 2.24) is 9.80 Å². The minimum atomic E-state index is -0.826. The van der Waals surface area contributed by atoms with E-state index in [0.29, 0.717) is 25.4 Å². The molecule has 1 aliphatic heterocycles. The molecule has 2 rings (SSSR count). The maximum atomic E-state index is 12.4. The molecule has 0 spiro atoms. The lowest BCUT2D eigenvalue weighted by atomic mass is 10.1. The van der Waals surface area contributed by atoms with Crippen molar-refractivity contribution in [1.29, 1.82) is 0 Å². The summed E-state index contributed by atoms with van der Waals surface area (Å²) in [4.78, 5) is 26.9. The van der Waals surface area contributed by atoms with E-state index < -0.39 is 5.97 Å². The zero-order valence-electron chi connectivity index (χ0n) is 15.5. The number of ether oxygens (including phenoxy) is 2. The molecule has 1 aliphatic rings. The summed E-state index contributed by atoms with van der Waals surface area (Å²) < 4.78 is 11.0. The lowest BCUT2D eigenvalue weighted by Gasteiger charge is -2.25. The number of hydrogen-bond acceptors (Lipinski definition) is 5. The Morgan fingerprint density at radius 2 is 1.81 bits per heavy atom. The fourth-order valence-electron chi connectivity index (χ4n) is 3.15. The summed E-state index contributed by atoms with van der Waals surface area (Å²) in [5.41, 5.74) is 0. The molecule has 1 saturated heterocycles. The molecule has 0 aromatic heterocycles. The summed E-state index contributed by atoms with van der Waals surface area (Å²) in [6.07, 6.45) is 2.54. The van der Waals surface area contributed by atoms with Gasteiger partial charge in [-0.15, -0.1) is 0 Å². The number of likely N-dealkylation sites (tertiary alicyclic amines) is 1. The summed E-state index contributed by atoms with van der Waals surface area (Å²) in [6, 6.07) is 7.40. The maximum Gasteiger partial charge on any atom is 0.317 e. The van der Waals surface area contributed by atoms with Gasteiger partial charge in [-0.1, -0.05) is 0 Å². The summed E-state index contributed by atoms with van der Waals surface area (Å²) >= 11 is 0. The van der Waals surface area contributed by atoms with E-state index in [1.165, 1.54) is 0 Å². The van der Waals surface area contributed by atoms with E-state index in [2.05, 4.69) is 0 Å². The van der Waals surface area contributed by atoms with Crippen molar-refractivity contribution in [3.8, 4) is 11.5 Å². The average molecular weight is 364 g/mol.